The summed E-state index contributed by atoms with van der Waals surface area (Å²) in [4.78, 5) is 21.9. The number of H-pyrrole nitrogens is 1. The summed E-state index contributed by atoms with van der Waals surface area (Å²) in [5.74, 6) is 0.527. The van der Waals surface area contributed by atoms with Crippen molar-refractivity contribution in [2.45, 2.75) is 31.8 Å². The van der Waals surface area contributed by atoms with E-state index in [4.69, 9.17) is 5.21 Å². The number of benzene rings is 2. The molecule has 1 aliphatic rings. The lowest BCUT2D eigenvalue weighted by Crippen LogP contribution is -2.30. The van der Waals surface area contributed by atoms with E-state index in [2.05, 4.69) is 62.0 Å². The lowest BCUT2D eigenvalue weighted by atomic mass is 10.0. The molecule has 34 heavy (non-hydrogen) atoms. The number of hydroxylamine groups is 1. The summed E-state index contributed by atoms with van der Waals surface area (Å²) in [6, 6.07) is 15.1. The van der Waals surface area contributed by atoms with Gasteiger partial charge in [0.25, 0.3) is 5.91 Å². The highest BCUT2D eigenvalue weighted by Gasteiger charge is 2.29. The molecule has 0 bridgehead atoms. The first-order chi connectivity index (χ1) is 16.6. The molecule has 1 unspecified atom stereocenters. The van der Waals surface area contributed by atoms with E-state index in [-0.39, 0.29) is 0 Å². The number of nitrogens with one attached hydrogen (secondary N) is 2. The number of carbonyl (C=O) groups excluding carboxylic acids is 1. The molecule has 0 radical (unpaired) electrons. The lowest BCUT2D eigenvalue weighted by Gasteiger charge is -2.29. The van der Waals surface area contributed by atoms with E-state index in [1.807, 2.05) is 25.5 Å². The zero-order chi connectivity index (χ0) is 23.5. The van der Waals surface area contributed by atoms with Crippen LogP contribution in [0.4, 0.5) is 0 Å². The third-order valence-corrected chi connectivity index (χ3v) is 6.80. The molecule has 2 aromatic carbocycles. The van der Waals surface area contributed by atoms with Crippen molar-refractivity contribution >= 4 is 22.9 Å². The van der Waals surface area contributed by atoms with Crippen molar-refractivity contribution in [3.05, 3.63) is 95.2 Å². The topological polar surface area (TPSA) is 86.2 Å². The highest BCUT2D eigenvalue weighted by atomic mass is 16.5. The Morgan fingerprint density at radius 2 is 2.21 bits per heavy atom. The number of fused-ring (bicyclic) bond motifs is 2. The zero-order valence-corrected chi connectivity index (χ0v) is 19.2. The second kappa shape index (κ2) is 9.67. The van der Waals surface area contributed by atoms with Crippen LogP contribution in [-0.4, -0.2) is 37.1 Å². The van der Waals surface area contributed by atoms with Gasteiger partial charge in [0.1, 0.15) is 5.82 Å². The van der Waals surface area contributed by atoms with Crippen molar-refractivity contribution in [3.8, 4) is 0 Å². The number of imidazole rings is 1. The van der Waals surface area contributed by atoms with Gasteiger partial charge in [0.15, 0.2) is 0 Å². The number of carbonyl (C=O) groups is 1. The average Bonchev–Trinajstić information content (AvgIpc) is 3.58. The van der Waals surface area contributed by atoms with Crippen LogP contribution in [0.15, 0.2) is 67.1 Å². The monoisotopic (exact) mass is 455 g/mol. The number of hydrogen-bond acceptors (Lipinski definition) is 4. The molecule has 2 aromatic heterocycles. The van der Waals surface area contributed by atoms with E-state index in [0.29, 0.717) is 6.04 Å². The van der Waals surface area contributed by atoms with Crippen LogP contribution in [0.1, 0.15) is 40.5 Å². The number of aromatic nitrogens is 3. The molecule has 1 amide bonds. The second-order valence-corrected chi connectivity index (χ2v) is 8.86. The Balaban J connectivity index is 1.39. The Labute approximate surface area is 198 Å². The molecule has 5 rings (SSSR count). The Bertz CT molecular complexity index is 1340. The number of aromatic amines is 1. The van der Waals surface area contributed by atoms with Gasteiger partial charge in [-0.15, -0.1) is 0 Å². The van der Waals surface area contributed by atoms with Gasteiger partial charge in [-0.2, -0.15) is 0 Å². The van der Waals surface area contributed by atoms with Crippen molar-refractivity contribution in [1.82, 2.24) is 24.9 Å². The largest absolute Gasteiger partial charge is 0.361 e. The fourth-order valence-corrected chi connectivity index (χ4v) is 4.99. The van der Waals surface area contributed by atoms with Crippen LogP contribution in [0.25, 0.3) is 17.0 Å². The van der Waals surface area contributed by atoms with Gasteiger partial charge in [-0.3, -0.25) is 14.9 Å². The summed E-state index contributed by atoms with van der Waals surface area (Å²) in [7, 11) is 2.05. The van der Waals surface area contributed by atoms with Crippen LogP contribution in [0.3, 0.4) is 0 Å². The predicted octanol–water partition coefficient (Wildman–Crippen LogP) is 4.15. The Kier molecular flexibility index (Phi) is 6.29. The minimum atomic E-state index is -0.531. The first-order valence-corrected chi connectivity index (χ1v) is 11.6. The molecular formula is C27H29N5O2. The predicted molar refractivity (Wildman–Crippen MR) is 132 cm³/mol. The van der Waals surface area contributed by atoms with Gasteiger partial charge in [0.2, 0.25) is 0 Å². The first-order valence-electron chi connectivity index (χ1n) is 11.6. The average molecular weight is 456 g/mol. The zero-order valence-electron chi connectivity index (χ0n) is 19.2. The number of amides is 1. The summed E-state index contributed by atoms with van der Waals surface area (Å²) in [6.07, 6.45) is 12.1. The van der Waals surface area contributed by atoms with Crippen LogP contribution < -0.4 is 5.48 Å². The maximum atomic E-state index is 11.3. The maximum absolute atomic E-state index is 11.3. The standard InChI is InChI=1S/C27H29N5O2/c1-31-15-13-28-26(31)18-32(14-12-21-17-29-24-5-3-2-4-22(21)24)25-10-8-20-16-19(6-9-23(20)25)7-11-27(33)30-34/h2-7,9,11,13,15-17,25,29,34H,8,10,12,14,18H2,1H3,(H,30,33). The van der Waals surface area contributed by atoms with Gasteiger partial charge in [-0.25, -0.2) is 10.5 Å². The molecule has 0 saturated carbocycles. The van der Waals surface area contributed by atoms with Crippen LogP contribution in [0, 0.1) is 0 Å². The molecule has 1 atom stereocenters. The van der Waals surface area contributed by atoms with Crippen molar-refractivity contribution in [3.63, 3.8) is 0 Å². The summed E-state index contributed by atoms with van der Waals surface area (Å²) >= 11 is 0. The van der Waals surface area contributed by atoms with Crippen LogP contribution in [-0.2, 0) is 31.2 Å². The first kappa shape index (κ1) is 22.1. The van der Waals surface area contributed by atoms with E-state index >= 15 is 0 Å². The van der Waals surface area contributed by atoms with Crippen molar-refractivity contribution in [2.24, 2.45) is 7.05 Å². The minimum Gasteiger partial charge on any atom is -0.361 e. The fourth-order valence-electron chi connectivity index (χ4n) is 4.99. The highest BCUT2D eigenvalue weighted by molar-refractivity contribution is 5.90. The molecule has 174 valence electrons. The van der Waals surface area contributed by atoms with Gasteiger partial charge in [0.05, 0.1) is 6.54 Å². The molecule has 0 aliphatic heterocycles. The molecular weight excluding hydrogens is 426 g/mol. The number of para-hydroxylation sites is 1. The van der Waals surface area contributed by atoms with E-state index < -0.39 is 5.91 Å². The summed E-state index contributed by atoms with van der Waals surface area (Å²) < 4.78 is 2.09. The SMILES string of the molecule is Cn1ccnc1CN(CCc1c[nH]c2ccccc12)C1CCc2cc(C=CC(=O)NO)ccc21. The van der Waals surface area contributed by atoms with Crippen molar-refractivity contribution in [1.29, 1.82) is 0 Å². The summed E-state index contributed by atoms with van der Waals surface area (Å²) in [5.41, 5.74) is 7.75. The van der Waals surface area contributed by atoms with Crippen LogP contribution in [0.2, 0.25) is 0 Å². The number of hydrogen-bond donors (Lipinski definition) is 3. The highest BCUT2D eigenvalue weighted by Crippen LogP contribution is 2.37. The quantitative estimate of drug-likeness (QED) is 0.212. The molecule has 2 heterocycles. The molecule has 3 N–H and O–H groups in total. The van der Waals surface area contributed by atoms with E-state index in [1.165, 1.54) is 33.7 Å². The third-order valence-electron chi connectivity index (χ3n) is 6.80. The Morgan fingerprint density at radius 1 is 1.32 bits per heavy atom. The molecule has 0 spiro atoms. The smallest absolute Gasteiger partial charge is 0.267 e. The minimum absolute atomic E-state index is 0.315. The van der Waals surface area contributed by atoms with Gasteiger partial charge in [0, 0.05) is 55.2 Å². The Morgan fingerprint density at radius 3 is 3.03 bits per heavy atom. The van der Waals surface area contributed by atoms with E-state index in [0.717, 1.165) is 43.7 Å². The number of rotatable bonds is 8. The molecule has 4 aromatic rings. The molecule has 0 saturated heterocycles. The molecule has 0 fully saturated rings. The van der Waals surface area contributed by atoms with Gasteiger partial charge in [-0.05, 0) is 53.7 Å². The van der Waals surface area contributed by atoms with E-state index in [9.17, 15) is 4.79 Å². The molecule has 7 nitrogen and oxygen atoms in total. The van der Waals surface area contributed by atoms with Gasteiger partial charge < -0.3 is 9.55 Å². The van der Waals surface area contributed by atoms with Gasteiger partial charge >= 0.3 is 0 Å². The molecule has 7 heteroatoms. The second-order valence-electron chi connectivity index (χ2n) is 8.86. The van der Waals surface area contributed by atoms with Crippen LogP contribution in [0.5, 0.6) is 0 Å². The van der Waals surface area contributed by atoms with Gasteiger partial charge in [-0.1, -0.05) is 36.4 Å². The number of aryl methyl sites for hydroxylation is 2. The summed E-state index contributed by atoms with van der Waals surface area (Å²) in [6.45, 7) is 1.71. The Hall–Kier alpha value is -3.68. The van der Waals surface area contributed by atoms with Crippen molar-refractivity contribution in [2.75, 3.05) is 6.54 Å². The fraction of sp³-hybridized carbons (Fsp3) is 0.259. The molecule has 1 aliphatic carbocycles. The summed E-state index contributed by atoms with van der Waals surface area (Å²) in [5, 5.41) is 9.99. The number of nitrogens with zero attached hydrogens (tertiary/aromatic N) is 3. The van der Waals surface area contributed by atoms with E-state index in [1.54, 1.807) is 11.6 Å². The normalized spacial score (nSPS) is 15.4. The lowest BCUT2D eigenvalue weighted by molar-refractivity contribution is -0.124. The maximum Gasteiger partial charge on any atom is 0.267 e. The third kappa shape index (κ3) is 4.53. The van der Waals surface area contributed by atoms with Crippen LogP contribution >= 0.6 is 0 Å². The van der Waals surface area contributed by atoms with Crippen molar-refractivity contribution < 1.29 is 10.0 Å².